The van der Waals surface area contributed by atoms with Gasteiger partial charge in [-0.25, -0.2) is 9.97 Å². The first-order chi connectivity index (χ1) is 18.2. The molecule has 1 fully saturated rings. The molecule has 184 valence electrons. The normalized spacial score (nSPS) is 14.6. The van der Waals surface area contributed by atoms with E-state index in [9.17, 15) is 0 Å². The van der Waals surface area contributed by atoms with Gasteiger partial charge in [-0.15, -0.1) is 11.3 Å². The summed E-state index contributed by atoms with van der Waals surface area (Å²) in [5, 5.41) is 9.80. The summed E-state index contributed by atoms with van der Waals surface area (Å²) < 4.78 is 0. The molecule has 7 rings (SSSR count). The highest BCUT2D eigenvalue weighted by molar-refractivity contribution is 7.15. The van der Waals surface area contributed by atoms with E-state index in [1.165, 1.54) is 53.2 Å². The highest BCUT2D eigenvalue weighted by Crippen LogP contribution is 2.36. The second-order valence-electron chi connectivity index (χ2n) is 9.83. The van der Waals surface area contributed by atoms with Crippen molar-refractivity contribution in [1.29, 1.82) is 0 Å². The molecular formula is C29H27N7S. The van der Waals surface area contributed by atoms with E-state index < -0.39 is 0 Å². The smallest absolute Gasteiger partial charge is 0.155 e. The number of aromatic amines is 2. The minimum absolute atomic E-state index is 0.761. The van der Waals surface area contributed by atoms with Gasteiger partial charge in [0.1, 0.15) is 11.3 Å². The average molecular weight is 506 g/mol. The Balaban J connectivity index is 1.26. The number of likely N-dealkylation sites (tertiary alicyclic amines) is 1. The van der Waals surface area contributed by atoms with Crippen LogP contribution in [0.15, 0.2) is 61.2 Å². The minimum atomic E-state index is 0.761. The first-order valence-corrected chi connectivity index (χ1v) is 13.6. The number of H-pyrrole nitrogens is 2. The molecule has 0 aliphatic carbocycles. The quantitative estimate of drug-likeness (QED) is 0.276. The Labute approximate surface area is 218 Å². The maximum absolute atomic E-state index is 4.69. The van der Waals surface area contributed by atoms with Crippen LogP contribution in [0.25, 0.3) is 55.0 Å². The molecule has 1 aliphatic rings. The Kier molecular flexibility index (Phi) is 5.56. The number of fused-ring (bicyclic) bond motifs is 2. The van der Waals surface area contributed by atoms with Crippen molar-refractivity contribution in [1.82, 2.24) is 35.0 Å². The molecule has 6 aromatic heterocycles. The van der Waals surface area contributed by atoms with E-state index in [1.807, 2.05) is 24.8 Å². The summed E-state index contributed by atoms with van der Waals surface area (Å²) in [4.78, 5) is 22.4. The maximum atomic E-state index is 4.69. The highest BCUT2D eigenvalue weighted by atomic mass is 32.1. The molecule has 6 aromatic rings. The van der Waals surface area contributed by atoms with Gasteiger partial charge in [-0.1, -0.05) is 6.42 Å². The largest absolute Gasteiger partial charge is 0.338 e. The number of aromatic nitrogens is 6. The zero-order valence-electron chi connectivity index (χ0n) is 20.7. The lowest BCUT2D eigenvalue weighted by Crippen LogP contribution is -2.29. The van der Waals surface area contributed by atoms with E-state index in [0.717, 1.165) is 51.1 Å². The SMILES string of the molecule is Cc1ccc(-c2ccnc3[nH]c(-c4n[nH]c5ncc(-c6cncc(CN7CCCCC7)c6)cc45)cc23)s1. The zero-order valence-corrected chi connectivity index (χ0v) is 21.5. The fraction of sp³-hybridized carbons (Fsp3) is 0.241. The summed E-state index contributed by atoms with van der Waals surface area (Å²) in [6.45, 7) is 5.42. The molecule has 0 saturated carbocycles. The molecule has 0 amide bonds. The molecule has 0 radical (unpaired) electrons. The molecule has 1 aliphatic heterocycles. The molecule has 37 heavy (non-hydrogen) atoms. The molecule has 1 saturated heterocycles. The molecule has 0 atom stereocenters. The number of rotatable bonds is 5. The van der Waals surface area contributed by atoms with Crippen LogP contribution in [0.3, 0.4) is 0 Å². The van der Waals surface area contributed by atoms with Crippen LogP contribution >= 0.6 is 11.3 Å². The van der Waals surface area contributed by atoms with Crippen LogP contribution in [0, 0.1) is 6.92 Å². The lowest BCUT2D eigenvalue weighted by Gasteiger charge is -2.26. The van der Waals surface area contributed by atoms with Crippen molar-refractivity contribution in [3.8, 4) is 33.0 Å². The van der Waals surface area contributed by atoms with Crippen LogP contribution in [-0.4, -0.2) is 48.1 Å². The fourth-order valence-electron chi connectivity index (χ4n) is 5.32. The van der Waals surface area contributed by atoms with Gasteiger partial charge in [-0.3, -0.25) is 15.0 Å². The van der Waals surface area contributed by atoms with Gasteiger partial charge in [-0.05, 0) is 74.8 Å². The van der Waals surface area contributed by atoms with E-state index >= 15 is 0 Å². The number of nitrogens with zero attached hydrogens (tertiary/aromatic N) is 5. The first-order valence-electron chi connectivity index (χ1n) is 12.8. The fourth-order valence-corrected chi connectivity index (χ4v) is 6.23. The number of aryl methyl sites for hydroxylation is 1. The van der Waals surface area contributed by atoms with Gasteiger partial charge >= 0.3 is 0 Å². The number of hydrogen-bond donors (Lipinski definition) is 2. The summed E-state index contributed by atoms with van der Waals surface area (Å²) in [7, 11) is 0. The van der Waals surface area contributed by atoms with E-state index in [-0.39, 0.29) is 0 Å². The second-order valence-corrected chi connectivity index (χ2v) is 11.1. The predicted molar refractivity (Wildman–Crippen MR) is 149 cm³/mol. The van der Waals surface area contributed by atoms with E-state index in [2.05, 4.69) is 78.4 Å². The predicted octanol–water partition coefficient (Wildman–Crippen LogP) is 6.59. The maximum Gasteiger partial charge on any atom is 0.155 e. The van der Waals surface area contributed by atoms with Crippen molar-refractivity contribution in [3.05, 3.63) is 71.6 Å². The van der Waals surface area contributed by atoms with E-state index in [0.29, 0.717) is 0 Å². The van der Waals surface area contributed by atoms with Gasteiger partial charge in [-0.2, -0.15) is 5.10 Å². The molecule has 8 heteroatoms. The van der Waals surface area contributed by atoms with Crippen LogP contribution in [-0.2, 0) is 6.54 Å². The molecule has 0 spiro atoms. The number of pyridine rings is 3. The van der Waals surface area contributed by atoms with Crippen LogP contribution in [0.5, 0.6) is 0 Å². The second kappa shape index (κ2) is 9.21. The number of hydrogen-bond acceptors (Lipinski definition) is 6. The number of nitrogens with one attached hydrogen (secondary N) is 2. The van der Waals surface area contributed by atoms with Gasteiger partial charge < -0.3 is 4.98 Å². The lowest BCUT2D eigenvalue weighted by molar-refractivity contribution is 0.220. The van der Waals surface area contributed by atoms with Gasteiger partial charge in [0.05, 0.1) is 5.69 Å². The standard InChI is InChI=1S/C29H27N7S/c1-18-5-6-26(37-18)22-7-8-31-28-23(22)13-25(33-28)27-24-12-21(16-32-29(24)35-34-27)20-11-19(14-30-15-20)17-36-9-3-2-4-10-36/h5-8,11-16H,2-4,9-10,17H2,1H3,(H,31,33)(H,32,34,35). The van der Waals surface area contributed by atoms with Gasteiger partial charge in [0.25, 0.3) is 0 Å². The highest BCUT2D eigenvalue weighted by Gasteiger charge is 2.17. The van der Waals surface area contributed by atoms with Crippen LogP contribution in [0.2, 0.25) is 0 Å². The van der Waals surface area contributed by atoms with Gasteiger partial charge in [0.2, 0.25) is 0 Å². The van der Waals surface area contributed by atoms with Crippen molar-refractivity contribution in [2.45, 2.75) is 32.7 Å². The Morgan fingerprint density at radius 3 is 2.65 bits per heavy atom. The monoisotopic (exact) mass is 505 g/mol. The van der Waals surface area contributed by atoms with Gasteiger partial charge in [0.15, 0.2) is 5.65 Å². The summed E-state index contributed by atoms with van der Waals surface area (Å²) in [5.74, 6) is 0. The first kappa shape index (κ1) is 22.3. The molecule has 0 aromatic carbocycles. The van der Waals surface area contributed by atoms with Crippen molar-refractivity contribution in [2.24, 2.45) is 0 Å². The van der Waals surface area contributed by atoms with Gasteiger partial charge in [0, 0.05) is 68.5 Å². The summed E-state index contributed by atoms with van der Waals surface area (Å²) in [5.41, 5.74) is 7.91. The van der Waals surface area contributed by atoms with E-state index in [1.54, 1.807) is 11.3 Å². The Morgan fingerprint density at radius 2 is 1.78 bits per heavy atom. The summed E-state index contributed by atoms with van der Waals surface area (Å²) in [6, 6.07) is 13.0. The molecule has 0 unspecified atom stereocenters. The van der Waals surface area contributed by atoms with Crippen molar-refractivity contribution >= 4 is 33.4 Å². The van der Waals surface area contributed by atoms with Crippen LogP contribution in [0.4, 0.5) is 0 Å². The zero-order chi connectivity index (χ0) is 24.8. The summed E-state index contributed by atoms with van der Waals surface area (Å²) >= 11 is 1.79. The minimum Gasteiger partial charge on any atom is -0.338 e. The third kappa shape index (κ3) is 4.22. The molecule has 7 heterocycles. The molecule has 7 nitrogen and oxygen atoms in total. The van der Waals surface area contributed by atoms with Crippen LogP contribution < -0.4 is 0 Å². The molecule has 2 N–H and O–H groups in total. The number of piperidine rings is 1. The van der Waals surface area contributed by atoms with E-state index in [4.69, 9.17) is 0 Å². The Morgan fingerprint density at radius 1 is 0.892 bits per heavy atom. The lowest BCUT2D eigenvalue weighted by atomic mass is 10.0. The molecular weight excluding hydrogens is 478 g/mol. The third-order valence-corrected chi connectivity index (χ3v) is 8.23. The molecule has 0 bridgehead atoms. The number of thiophene rings is 1. The van der Waals surface area contributed by atoms with Crippen LogP contribution in [0.1, 0.15) is 29.7 Å². The van der Waals surface area contributed by atoms with Crippen molar-refractivity contribution in [2.75, 3.05) is 13.1 Å². The van der Waals surface area contributed by atoms with Crippen molar-refractivity contribution < 1.29 is 0 Å². The summed E-state index contributed by atoms with van der Waals surface area (Å²) in [6.07, 6.45) is 11.6. The Bertz CT molecular complexity index is 1720. The average Bonchev–Trinajstić information content (AvgIpc) is 3.66. The third-order valence-electron chi connectivity index (χ3n) is 7.19. The Hall–Kier alpha value is -3.88. The topological polar surface area (TPSA) is 86.4 Å². The van der Waals surface area contributed by atoms with Crippen molar-refractivity contribution in [3.63, 3.8) is 0 Å².